The standard InChI is InChI=1S/C15H19F2NO2/c1-15(2,18-6-8-20-9-7-18)14(19)10-11-12(16)4-3-5-13(11)17/h3-5H,6-10H2,1-2H3. The van der Waals surface area contributed by atoms with Crippen LogP contribution >= 0.6 is 0 Å². The molecule has 1 aliphatic rings. The van der Waals surface area contributed by atoms with Crippen molar-refractivity contribution < 1.29 is 18.3 Å². The van der Waals surface area contributed by atoms with Gasteiger partial charge in [-0.1, -0.05) is 6.07 Å². The Kier molecular flexibility index (Phi) is 4.50. The number of carbonyl (C=O) groups excluding carboxylic acids is 1. The van der Waals surface area contributed by atoms with E-state index in [1.807, 2.05) is 4.90 Å². The van der Waals surface area contributed by atoms with E-state index >= 15 is 0 Å². The average molecular weight is 283 g/mol. The number of ether oxygens (including phenoxy) is 1. The summed E-state index contributed by atoms with van der Waals surface area (Å²) in [4.78, 5) is 14.4. The first kappa shape index (κ1) is 15.1. The first-order chi connectivity index (χ1) is 9.43. The van der Waals surface area contributed by atoms with Crippen molar-refractivity contribution >= 4 is 5.78 Å². The number of rotatable bonds is 4. The minimum absolute atomic E-state index is 0.154. The van der Waals surface area contributed by atoms with Gasteiger partial charge in [0.1, 0.15) is 11.6 Å². The Morgan fingerprint density at radius 3 is 2.35 bits per heavy atom. The third-order valence-corrected chi connectivity index (χ3v) is 3.88. The molecule has 0 spiro atoms. The molecule has 1 fully saturated rings. The molecule has 0 N–H and O–H groups in total. The molecule has 0 radical (unpaired) electrons. The van der Waals surface area contributed by atoms with Crippen LogP contribution in [0.15, 0.2) is 18.2 Å². The number of hydrogen-bond acceptors (Lipinski definition) is 3. The highest BCUT2D eigenvalue weighted by Crippen LogP contribution is 2.22. The number of Topliss-reactive ketones (excluding diaryl/α,β-unsaturated/α-hetero) is 1. The summed E-state index contributed by atoms with van der Waals surface area (Å²) in [7, 11) is 0. The minimum Gasteiger partial charge on any atom is -0.379 e. The van der Waals surface area contributed by atoms with Gasteiger partial charge in [-0.05, 0) is 26.0 Å². The Morgan fingerprint density at radius 1 is 1.25 bits per heavy atom. The first-order valence-corrected chi connectivity index (χ1v) is 6.72. The molecule has 1 aliphatic heterocycles. The molecule has 0 atom stereocenters. The molecule has 0 aliphatic carbocycles. The molecule has 0 aromatic heterocycles. The third-order valence-electron chi connectivity index (χ3n) is 3.88. The van der Waals surface area contributed by atoms with Crippen LogP contribution in [-0.4, -0.2) is 42.5 Å². The Labute approximate surface area is 117 Å². The number of carbonyl (C=O) groups is 1. The van der Waals surface area contributed by atoms with Crippen LogP contribution in [0.4, 0.5) is 8.78 Å². The molecule has 2 rings (SSSR count). The smallest absolute Gasteiger partial charge is 0.157 e. The van der Waals surface area contributed by atoms with Crippen LogP contribution in [0.25, 0.3) is 0 Å². The van der Waals surface area contributed by atoms with Gasteiger partial charge < -0.3 is 4.74 Å². The van der Waals surface area contributed by atoms with Crippen molar-refractivity contribution in [1.82, 2.24) is 4.90 Å². The third kappa shape index (κ3) is 3.04. The van der Waals surface area contributed by atoms with E-state index in [0.717, 1.165) is 0 Å². The summed E-state index contributed by atoms with van der Waals surface area (Å²) >= 11 is 0. The van der Waals surface area contributed by atoms with E-state index in [0.29, 0.717) is 26.3 Å². The largest absolute Gasteiger partial charge is 0.379 e. The molecule has 0 unspecified atom stereocenters. The van der Waals surface area contributed by atoms with Crippen LogP contribution in [-0.2, 0) is 16.0 Å². The van der Waals surface area contributed by atoms with E-state index in [-0.39, 0.29) is 17.8 Å². The molecule has 0 saturated carbocycles. The fraction of sp³-hybridized carbons (Fsp3) is 0.533. The summed E-state index contributed by atoms with van der Waals surface area (Å²) in [5.74, 6) is -1.53. The molecule has 3 nitrogen and oxygen atoms in total. The fourth-order valence-electron chi connectivity index (χ4n) is 2.38. The molecular weight excluding hydrogens is 264 g/mol. The minimum atomic E-state index is -0.751. The normalized spacial score (nSPS) is 17.2. The maximum Gasteiger partial charge on any atom is 0.157 e. The monoisotopic (exact) mass is 283 g/mol. The predicted molar refractivity (Wildman–Crippen MR) is 71.5 cm³/mol. The summed E-state index contributed by atoms with van der Waals surface area (Å²) in [5.41, 5.74) is -0.905. The molecule has 5 heteroatoms. The predicted octanol–water partition coefficient (Wildman–Crippen LogP) is 2.19. The van der Waals surface area contributed by atoms with Gasteiger partial charge in [-0.3, -0.25) is 9.69 Å². The lowest BCUT2D eigenvalue weighted by molar-refractivity contribution is -0.131. The molecule has 110 valence electrons. The number of nitrogens with zero attached hydrogens (tertiary/aromatic N) is 1. The SMILES string of the molecule is CC(C)(C(=O)Cc1c(F)cccc1F)N1CCOCC1. The zero-order valence-electron chi connectivity index (χ0n) is 11.8. The first-order valence-electron chi connectivity index (χ1n) is 6.72. The van der Waals surface area contributed by atoms with Crippen molar-refractivity contribution in [2.75, 3.05) is 26.3 Å². The molecule has 1 heterocycles. The van der Waals surface area contributed by atoms with E-state index in [1.165, 1.54) is 18.2 Å². The van der Waals surface area contributed by atoms with Crippen LogP contribution in [0, 0.1) is 11.6 Å². The number of hydrogen-bond donors (Lipinski definition) is 0. The summed E-state index contributed by atoms with van der Waals surface area (Å²) in [5, 5.41) is 0. The van der Waals surface area contributed by atoms with Gasteiger partial charge in [-0.15, -0.1) is 0 Å². The van der Waals surface area contributed by atoms with Gasteiger partial charge >= 0.3 is 0 Å². The lowest BCUT2D eigenvalue weighted by Crippen LogP contribution is -2.55. The van der Waals surface area contributed by atoms with Crippen LogP contribution in [0.2, 0.25) is 0 Å². The molecule has 20 heavy (non-hydrogen) atoms. The Hall–Kier alpha value is -1.33. The van der Waals surface area contributed by atoms with Crippen molar-refractivity contribution in [2.24, 2.45) is 0 Å². The van der Waals surface area contributed by atoms with E-state index in [4.69, 9.17) is 4.74 Å². The van der Waals surface area contributed by atoms with Gasteiger partial charge in [0.05, 0.1) is 18.8 Å². The number of morpholine rings is 1. The Bertz CT molecular complexity index is 476. The maximum atomic E-state index is 13.6. The van der Waals surface area contributed by atoms with Crippen LogP contribution in [0.3, 0.4) is 0 Å². The van der Waals surface area contributed by atoms with Gasteiger partial charge in [0.15, 0.2) is 5.78 Å². The Morgan fingerprint density at radius 2 is 1.80 bits per heavy atom. The average Bonchev–Trinajstić information content (AvgIpc) is 2.43. The zero-order valence-corrected chi connectivity index (χ0v) is 11.8. The van der Waals surface area contributed by atoms with Crippen LogP contribution in [0.5, 0.6) is 0 Å². The zero-order chi connectivity index (χ0) is 14.8. The lowest BCUT2D eigenvalue weighted by Gasteiger charge is -2.39. The summed E-state index contributed by atoms with van der Waals surface area (Å²) in [6.07, 6.45) is -0.233. The van der Waals surface area contributed by atoms with Gasteiger partial charge in [-0.2, -0.15) is 0 Å². The second kappa shape index (κ2) is 5.97. The molecular formula is C15H19F2NO2. The highest BCUT2D eigenvalue weighted by atomic mass is 19.1. The van der Waals surface area contributed by atoms with E-state index < -0.39 is 17.2 Å². The molecule has 1 aromatic carbocycles. The highest BCUT2D eigenvalue weighted by molar-refractivity contribution is 5.89. The van der Waals surface area contributed by atoms with Gasteiger partial charge in [0.25, 0.3) is 0 Å². The van der Waals surface area contributed by atoms with Crippen molar-refractivity contribution in [3.8, 4) is 0 Å². The molecule has 0 bridgehead atoms. The number of benzene rings is 1. The van der Waals surface area contributed by atoms with Gasteiger partial charge in [0, 0.05) is 25.1 Å². The van der Waals surface area contributed by atoms with Gasteiger partial charge in [-0.25, -0.2) is 8.78 Å². The number of halogens is 2. The second-order valence-electron chi connectivity index (χ2n) is 5.46. The molecule has 1 saturated heterocycles. The van der Waals surface area contributed by atoms with Crippen molar-refractivity contribution in [3.05, 3.63) is 35.4 Å². The fourth-order valence-corrected chi connectivity index (χ4v) is 2.38. The Balaban J connectivity index is 2.14. The van der Waals surface area contributed by atoms with E-state index in [2.05, 4.69) is 0 Å². The van der Waals surface area contributed by atoms with E-state index in [9.17, 15) is 13.6 Å². The molecule has 1 aromatic rings. The van der Waals surface area contributed by atoms with Crippen LogP contribution in [0.1, 0.15) is 19.4 Å². The topological polar surface area (TPSA) is 29.5 Å². The van der Waals surface area contributed by atoms with Crippen molar-refractivity contribution in [2.45, 2.75) is 25.8 Å². The molecule has 0 amide bonds. The van der Waals surface area contributed by atoms with Crippen LogP contribution < -0.4 is 0 Å². The maximum absolute atomic E-state index is 13.6. The summed E-state index contributed by atoms with van der Waals surface area (Å²) < 4.78 is 32.5. The summed E-state index contributed by atoms with van der Waals surface area (Å²) in [6, 6.07) is 3.65. The second-order valence-corrected chi connectivity index (χ2v) is 5.46. The highest BCUT2D eigenvalue weighted by Gasteiger charge is 2.35. The van der Waals surface area contributed by atoms with Crippen molar-refractivity contribution in [1.29, 1.82) is 0 Å². The van der Waals surface area contributed by atoms with Gasteiger partial charge in [0.2, 0.25) is 0 Å². The summed E-state index contributed by atoms with van der Waals surface area (Å²) in [6.45, 7) is 6.03. The van der Waals surface area contributed by atoms with E-state index in [1.54, 1.807) is 13.8 Å². The quantitative estimate of drug-likeness (QED) is 0.848. The van der Waals surface area contributed by atoms with Crippen molar-refractivity contribution in [3.63, 3.8) is 0 Å². The number of ketones is 1. The lowest BCUT2D eigenvalue weighted by atomic mass is 9.91.